The number of aromatic hydroxyl groups is 1. The van der Waals surface area contributed by atoms with E-state index in [-0.39, 0.29) is 17.2 Å². The number of rotatable bonds is 6. The molecular weight excluding hydrogens is 1670 g/mol. The lowest BCUT2D eigenvalue weighted by Crippen LogP contribution is -2.06. The standard InChI is InChI=1S/C10H12.2C9H12.C8H9ClO.C8H7F3.C8H9F.C8H10O.C8H10S.2C8H10.C7H7Br.C7H7Cl.C7H7F.C7H8O/c1-8-4-2-3-5-10(8)9-6-7-9;2*1-3-9-7-5-4-6-8(9)2;1-6-5-7(10-2)3-4-8(6)9;1-6-4-2-3-5-7(6)8(9,10)11;1-6-3-7(2)5-8(9)4-6;2*1-7-5-3-4-6-8(7)9-2;1-7-3-5-8(2)6-4-7;1-7-5-3-4-6-8(7)2;4*1-6-4-2-3-5-7(6)8/h2-5,9H,6-7H2,1H3;2*4-7H,3H2,1-2H3;3-5H,1-2H3;2-5H,1H3;3-5H,1-2H3;2*3-6H,1-2H3;2*3-6H,1-2H3;3*2-5H,1H3;2-5,8H,1H3. The first kappa shape index (κ1) is 110. The third-order valence-electron chi connectivity index (χ3n) is 19.1. The molecule has 3 nitrogen and oxygen atoms in total. The molecule has 124 heavy (non-hydrogen) atoms. The summed E-state index contributed by atoms with van der Waals surface area (Å²) in [4.78, 5) is 1.37. The number of benzene rings is 14. The molecule has 0 aliphatic heterocycles. The third kappa shape index (κ3) is 48.0. The van der Waals surface area contributed by atoms with Crippen LogP contribution >= 0.6 is 50.9 Å². The summed E-state index contributed by atoms with van der Waals surface area (Å²) in [5.41, 5.74) is 23.4. The van der Waals surface area contributed by atoms with Crippen molar-refractivity contribution < 1.29 is 36.5 Å². The van der Waals surface area contributed by atoms with Gasteiger partial charge in [0.2, 0.25) is 0 Å². The molecule has 0 unspecified atom stereocenters. The van der Waals surface area contributed by atoms with E-state index in [1.165, 1.54) is 126 Å². The maximum absolute atomic E-state index is 12.4. The fourth-order valence-electron chi connectivity index (χ4n) is 11.1. The molecule has 15 rings (SSSR count). The fraction of sp³-hybridized carbons (Fsp3) is 0.250. The van der Waals surface area contributed by atoms with Crippen molar-refractivity contribution in [1.29, 1.82) is 0 Å². The Hall–Kier alpha value is -10.5. The van der Waals surface area contributed by atoms with Crippen LogP contribution in [0.25, 0.3) is 0 Å². The molecule has 0 radical (unpaired) electrons. The lowest BCUT2D eigenvalue weighted by atomic mass is 10.1. The molecule has 0 aromatic heterocycles. The number of halogens is 8. The molecule has 14 aromatic rings. The fourth-order valence-corrected chi connectivity index (χ4v) is 12.2. The Balaban J connectivity index is 0.000000453. The Kier molecular flexibility index (Phi) is 55.3. The van der Waals surface area contributed by atoms with Crippen molar-refractivity contribution in [2.75, 3.05) is 20.5 Å². The average Bonchev–Trinajstić information content (AvgIpc) is 1.80. The van der Waals surface area contributed by atoms with Crippen molar-refractivity contribution in [3.05, 3.63) is 471 Å². The first-order chi connectivity index (χ1) is 59.0. The van der Waals surface area contributed by atoms with Crippen molar-refractivity contribution in [3.8, 4) is 17.2 Å². The van der Waals surface area contributed by atoms with Crippen LogP contribution in [0.2, 0.25) is 10.0 Å². The van der Waals surface area contributed by atoms with E-state index in [9.17, 15) is 22.0 Å². The molecule has 0 bridgehead atoms. The van der Waals surface area contributed by atoms with E-state index >= 15 is 0 Å². The van der Waals surface area contributed by atoms with Crippen molar-refractivity contribution in [1.82, 2.24) is 0 Å². The Morgan fingerprint density at radius 1 is 0.355 bits per heavy atom. The van der Waals surface area contributed by atoms with Crippen LogP contribution in [0.4, 0.5) is 22.0 Å². The first-order valence-electron chi connectivity index (χ1n) is 41.4. The Morgan fingerprint density at radius 3 is 1.04 bits per heavy atom. The van der Waals surface area contributed by atoms with Crippen molar-refractivity contribution in [3.63, 3.8) is 0 Å². The molecule has 0 spiro atoms. The van der Waals surface area contributed by atoms with Gasteiger partial charge in [0, 0.05) is 19.4 Å². The number of hydrogen-bond donors (Lipinski definition) is 1. The number of phenolic OH excluding ortho intramolecular Hbond substituents is 1. The summed E-state index contributed by atoms with van der Waals surface area (Å²) in [5.74, 6) is 2.80. The number of alkyl halides is 3. The second kappa shape index (κ2) is 62.6. The SMILES string of the molecule is CCc1ccccc1C.CCc1ccccc1C.COc1ccc(Cl)c(C)c1.COc1ccccc1C.CSc1ccccc1C.Cc1cc(C)cc(F)c1.Cc1ccc(C)cc1.Cc1ccccc1Br.Cc1ccccc1C.Cc1ccccc1C(F)(F)F.Cc1ccccc1C1CC1.Cc1ccccc1Cl.Cc1ccccc1F.Cc1ccccc1O. The van der Waals surface area contributed by atoms with E-state index < -0.39 is 11.7 Å². The number of phenols is 1. The van der Waals surface area contributed by atoms with Gasteiger partial charge in [0.15, 0.2) is 0 Å². The Morgan fingerprint density at radius 2 is 0.742 bits per heavy atom. The maximum atomic E-state index is 12.4. The van der Waals surface area contributed by atoms with E-state index in [1.807, 2.05) is 157 Å². The van der Waals surface area contributed by atoms with Crippen LogP contribution in [-0.2, 0) is 19.0 Å². The minimum atomic E-state index is -4.22. The van der Waals surface area contributed by atoms with Crippen molar-refractivity contribution in [2.45, 2.75) is 174 Å². The molecular formula is C112H130BrCl2F5O3S. The average molecular weight is 1800 g/mol. The largest absolute Gasteiger partial charge is 0.508 e. The normalized spacial score (nSPS) is 10.2. The van der Waals surface area contributed by atoms with Crippen LogP contribution in [0.15, 0.2) is 337 Å². The summed E-state index contributed by atoms with van der Waals surface area (Å²) in [7, 11) is 3.32. The Bertz CT molecular complexity index is 4660. The number of hydrogen-bond acceptors (Lipinski definition) is 4. The summed E-state index contributed by atoms with van der Waals surface area (Å²) in [6.45, 7) is 38.3. The van der Waals surface area contributed by atoms with Gasteiger partial charge in [0.25, 0.3) is 0 Å². The van der Waals surface area contributed by atoms with Gasteiger partial charge >= 0.3 is 6.18 Å². The molecule has 1 N–H and O–H groups in total. The predicted octanol–water partition coefficient (Wildman–Crippen LogP) is 34.7. The number of aryl methyl sites for hydroxylation is 19. The number of thioether (sulfide) groups is 1. The van der Waals surface area contributed by atoms with E-state index in [2.05, 4.69) is 250 Å². The van der Waals surface area contributed by atoms with Crippen molar-refractivity contribution >= 4 is 50.9 Å². The topological polar surface area (TPSA) is 38.7 Å². The molecule has 1 fully saturated rings. The predicted molar refractivity (Wildman–Crippen MR) is 531 cm³/mol. The minimum absolute atomic E-state index is 0.132. The summed E-state index contributed by atoms with van der Waals surface area (Å²) in [6, 6.07) is 105. The smallest absolute Gasteiger partial charge is 0.416 e. The van der Waals surface area contributed by atoms with Crippen LogP contribution in [0.3, 0.4) is 0 Å². The Labute approximate surface area is 764 Å². The summed E-state index contributed by atoms with van der Waals surface area (Å²) < 4.78 is 72.1. The number of ether oxygens (including phenoxy) is 2. The summed E-state index contributed by atoms with van der Waals surface area (Å²) >= 11 is 16.7. The number of para-hydroxylation sites is 2. The molecule has 1 saturated carbocycles. The van der Waals surface area contributed by atoms with E-state index in [1.54, 1.807) is 62.7 Å². The van der Waals surface area contributed by atoms with Gasteiger partial charge < -0.3 is 14.6 Å². The first-order valence-corrected chi connectivity index (χ1v) is 44.2. The summed E-state index contributed by atoms with van der Waals surface area (Å²) in [5, 5.41) is 10.5. The van der Waals surface area contributed by atoms with Gasteiger partial charge in [-0.15, -0.1) is 11.8 Å². The van der Waals surface area contributed by atoms with Crippen molar-refractivity contribution in [2.24, 2.45) is 0 Å². The van der Waals surface area contributed by atoms with Gasteiger partial charge in [-0.1, -0.05) is 319 Å². The molecule has 0 heterocycles. The molecule has 1 aliphatic carbocycles. The van der Waals surface area contributed by atoms with Gasteiger partial charge in [-0.2, -0.15) is 13.2 Å². The zero-order chi connectivity index (χ0) is 92.5. The van der Waals surface area contributed by atoms with Crippen LogP contribution in [0.5, 0.6) is 17.2 Å². The lowest BCUT2D eigenvalue weighted by molar-refractivity contribution is -0.138. The lowest BCUT2D eigenvalue weighted by Gasteiger charge is -2.08. The highest BCUT2D eigenvalue weighted by Gasteiger charge is 2.31. The number of methoxy groups -OCH3 is 2. The van der Waals surface area contributed by atoms with E-state index in [0.717, 1.165) is 74.2 Å². The quantitative estimate of drug-likeness (QED) is 0.133. The highest BCUT2D eigenvalue weighted by atomic mass is 79.9. The van der Waals surface area contributed by atoms with Gasteiger partial charge in [-0.25, -0.2) is 8.78 Å². The summed E-state index contributed by atoms with van der Waals surface area (Å²) in [6.07, 6.45) is 2.99. The van der Waals surface area contributed by atoms with Crippen LogP contribution in [0.1, 0.15) is 149 Å². The second-order valence-electron chi connectivity index (χ2n) is 29.6. The van der Waals surface area contributed by atoms with Crippen LogP contribution in [0, 0.1) is 129 Å². The van der Waals surface area contributed by atoms with Gasteiger partial charge in [0.05, 0.1) is 19.8 Å². The van der Waals surface area contributed by atoms with Gasteiger partial charge in [0.1, 0.15) is 28.9 Å². The van der Waals surface area contributed by atoms with Gasteiger partial charge in [-0.05, 0) is 328 Å². The minimum Gasteiger partial charge on any atom is -0.508 e. The molecule has 658 valence electrons. The molecule has 0 amide bonds. The third-order valence-corrected chi connectivity index (χ3v) is 21.7. The van der Waals surface area contributed by atoms with E-state index in [4.69, 9.17) is 37.8 Å². The second-order valence-corrected chi connectivity index (χ2v) is 32.2. The van der Waals surface area contributed by atoms with Gasteiger partial charge in [-0.3, -0.25) is 0 Å². The molecule has 0 saturated heterocycles. The highest BCUT2D eigenvalue weighted by Crippen LogP contribution is 2.41. The maximum Gasteiger partial charge on any atom is 0.416 e. The monoisotopic (exact) mass is 1800 g/mol. The molecule has 0 atom stereocenters. The highest BCUT2D eigenvalue weighted by molar-refractivity contribution is 9.10. The van der Waals surface area contributed by atoms with Crippen LogP contribution < -0.4 is 9.47 Å². The molecule has 12 heteroatoms. The van der Waals surface area contributed by atoms with Crippen LogP contribution in [-0.4, -0.2) is 25.6 Å². The zero-order valence-corrected chi connectivity index (χ0v) is 80.7. The molecule has 14 aromatic carbocycles. The van der Waals surface area contributed by atoms with E-state index in [0.29, 0.717) is 11.3 Å². The molecule has 1 aliphatic rings. The zero-order valence-electron chi connectivity index (χ0n) is 76.8.